The molecule has 0 aromatic carbocycles. The van der Waals surface area contributed by atoms with Crippen LogP contribution in [0.4, 0.5) is 11.6 Å². The molecule has 0 unspecified atom stereocenters. The van der Waals surface area contributed by atoms with Crippen molar-refractivity contribution in [3.63, 3.8) is 0 Å². The maximum Gasteiger partial charge on any atom is 0.151 e. The second-order valence-electron chi connectivity index (χ2n) is 7.87. The molecule has 7 heteroatoms. The third-order valence-electron chi connectivity index (χ3n) is 5.91. The maximum atomic E-state index is 4.61. The lowest BCUT2D eigenvalue weighted by Gasteiger charge is -2.45. The van der Waals surface area contributed by atoms with E-state index in [1.165, 1.54) is 24.1 Å². The third-order valence-corrected chi connectivity index (χ3v) is 5.91. The van der Waals surface area contributed by atoms with E-state index in [2.05, 4.69) is 61.1 Å². The Kier molecular flexibility index (Phi) is 3.77. The molecule has 2 aliphatic heterocycles. The van der Waals surface area contributed by atoms with Gasteiger partial charge in [-0.3, -0.25) is 0 Å². The number of nitrogens with zero attached hydrogens (tertiary/aromatic N) is 7. The third kappa shape index (κ3) is 2.80. The fourth-order valence-corrected chi connectivity index (χ4v) is 3.93. The highest BCUT2D eigenvalue weighted by atomic mass is 15.4. The molecule has 0 radical (unpaired) electrons. The summed E-state index contributed by atoms with van der Waals surface area (Å²) in [4.78, 5) is 16.1. The molecule has 5 rings (SSSR count). The van der Waals surface area contributed by atoms with Crippen molar-refractivity contribution < 1.29 is 0 Å². The Bertz CT molecular complexity index is 796. The molecule has 7 nitrogen and oxygen atoms in total. The highest BCUT2D eigenvalue weighted by Gasteiger charge is 2.34. The number of rotatable bonds is 4. The van der Waals surface area contributed by atoms with E-state index in [9.17, 15) is 0 Å². The van der Waals surface area contributed by atoms with Crippen LogP contribution < -0.4 is 9.80 Å². The van der Waals surface area contributed by atoms with Gasteiger partial charge in [0.15, 0.2) is 5.82 Å². The number of hydrogen-bond donors (Lipinski definition) is 0. The van der Waals surface area contributed by atoms with Gasteiger partial charge in [0.2, 0.25) is 0 Å². The minimum absolute atomic E-state index is 0.450. The molecule has 0 amide bonds. The summed E-state index contributed by atoms with van der Waals surface area (Å²) in [6.45, 7) is 3.92. The molecule has 2 fully saturated rings. The maximum absolute atomic E-state index is 4.61. The Hall–Kier alpha value is -2.28. The molecule has 0 N–H and O–H groups in total. The van der Waals surface area contributed by atoms with Gasteiger partial charge in [-0.2, -0.15) is 5.10 Å². The average molecular weight is 351 g/mol. The molecule has 1 saturated carbocycles. The standard InChI is InChI=1S/C19H25N7/c1-24-8-7-17-15(11-24)19(21-12-20-17)25(2)14-9-26(10-14)18-6-5-16(22-23-18)13-3-4-13/h5-6,12-14H,3-4,7-11H2,1-2H3. The first-order chi connectivity index (χ1) is 12.7. The van der Waals surface area contributed by atoms with Gasteiger partial charge in [0.25, 0.3) is 0 Å². The summed E-state index contributed by atoms with van der Waals surface area (Å²) in [6, 6.07) is 4.72. The van der Waals surface area contributed by atoms with Gasteiger partial charge in [-0.25, -0.2) is 9.97 Å². The van der Waals surface area contributed by atoms with Gasteiger partial charge >= 0.3 is 0 Å². The molecule has 1 saturated heterocycles. The van der Waals surface area contributed by atoms with Crippen LogP contribution in [0.3, 0.4) is 0 Å². The van der Waals surface area contributed by atoms with Gasteiger partial charge < -0.3 is 14.7 Å². The quantitative estimate of drug-likeness (QED) is 0.826. The zero-order valence-electron chi connectivity index (χ0n) is 15.5. The molecular formula is C19H25N7. The van der Waals surface area contributed by atoms with Crippen molar-refractivity contribution in [3.05, 3.63) is 35.4 Å². The minimum Gasteiger partial charge on any atom is -0.353 e. The summed E-state index contributed by atoms with van der Waals surface area (Å²) in [7, 11) is 4.32. The van der Waals surface area contributed by atoms with Gasteiger partial charge in [-0.15, -0.1) is 5.10 Å². The van der Waals surface area contributed by atoms with Crippen LogP contribution in [0.1, 0.15) is 35.7 Å². The van der Waals surface area contributed by atoms with E-state index in [0.29, 0.717) is 12.0 Å². The Balaban J connectivity index is 1.27. The van der Waals surface area contributed by atoms with Crippen LogP contribution in [0.15, 0.2) is 18.5 Å². The van der Waals surface area contributed by atoms with Gasteiger partial charge in [0, 0.05) is 51.1 Å². The smallest absolute Gasteiger partial charge is 0.151 e. The van der Waals surface area contributed by atoms with Crippen LogP contribution in [-0.4, -0.2) is 64.8 Å². The van der Waals surface area contributed by atoms with Crippen LogP contribution in [0.2, 0.25) is 0 Å². The van der Waals surface area contributed by atoms with Gasteiger partial charge in [0.1, 0.15) is 12.1 Å². The minimum atomic E-state index is 0.450. The first kappa shape index (κ1) is 15.9. The number of aromatic nitrogens is 4. The van der Waals surface area contributed by atoms with Gasteiger partial charge in [0.05, 0.1) is 17.4 Å². The predicted octanol–water partition coefficient (Wildman–Crippen LogP) is 1.46. The van der Waals surface area contributed by atoms with Crippen LogP contribution >= 0.6 is 0 Å². The first-order valence-electron chi connectivity index (χ1n) is 9.52. The summed E-state index contributed by atoms with van der Waals surface area (Å²) in [5.74, 6) is 2.73. The summed E-state index contributed by atoms with van der Waals surface area (Å²) in [6.07, 6.45) is 5.26. The van der Waals surface area contributed by atoms with E-state index < -0.39 is 0 Å². The summed E-state index contributed by atoms with van der Waals surface area (Å²) in [5.41, 5.74) is 3.65. The fourth-order valence-electron chi connectivity index (χ4n) is 3.93. The normalized spacial score (nSPS) is 20.6. The van der Waals surface area contributed by atoms with Crippen LogP contribution in [0.25, 0.3) is 0 Å². The van der Waals surface area contributed by atoms with E-state index in [1.807, 2.05) is 0 Å². The largest absolute Gasteiger partial charge is 0.353 e. The van der Waals surface area contributed by atoms with E-state index >= 15 is 0 Å². The molecule has 26 heavy (non-hydrogen) atoms. The van der Waals surface area contributed by atoms with E-state index in [4.69, 9.17) is 0 Å². The van der Waals surface area contributed by atoms with Gasteiger partial charge in [-0.05, 0) is 32.0 Å². The number of fused-ring (bicyclic) bond motifs is 1. The predicted molar refractivity (Wildman–Crippen MR) is 100 cm³/mol. The van der Waals surface area contributed by atoms with Gasteiger partial charge in [-0.1, -0.05) is 0 Å². The first-order valence-corrected chi connectivity index (χ1v) is 9.52. The second-order valence-corrected chi connectivity index (χ2v) is 7.87. The van der Waals surface area contributed by atoms with Crippen molar-refractivity contribution in [2.45, 2.75) is 37.8 Å². The number of anilines is 2. The molecule has 2 aromatic heterocycles. The van der Waals surface area contributed by atoms with Crippen LogP contribution in [-0.2, 0) is 13.0 Å². The Labute approximate surface area is 154 Å². The summed E-state index contributed by atoms with van der Waals surface area (Å²) < 4.78 is 0. The van der Waals surface area contributed by atoms with Crippen molar-refractivity contribution in [3.8, 4) is 0 Å². The highest BCUT2D eigenvalue weighted by Crippen LogP contribution is 2.39. The lowest BCUT2D eigenvalue weighted by atomic mass is 10.0. The Morgan fingerprint density at radius 3 is 2.69 bits per heavy atom. The fraction of sp³-hybridized carbons (Fsp3) is 0.579. The molecule has 0 bridgehead atoms. The SMILES string of the molecule is CN1CCc2ncnc(N(C)C3CN(c4ccc(C5CC5)nn4)C3)c2C1. The van der Waals surface area contributed by atoms with Crippen molar-refractivity contribution in [1.82, 2.24) is 25.1 Å². The monoisotopic (exact) mass is 351 g/mol. The van der Waals surface area contributed by atoms with Crippen molar-refractivity contribution in [1.29, 1.82) is 0 Å². The molecule has 0 atom stereocenters. The van der Waals surface area contributed by atoms with Crippen molar-refractivity contribution in [2.75, 3.05) is 43.5 Å². The molecule has 0 spiro atoms. The number of likely N-dealkylation sites (N-methyl/N-ethyl adjacent to an activating group) is 2. The number of hydrogen-bond acceptors (Lipinski definition) is 7. The Morgan fingerprint density at radius 1 is 1.12 bits per heavy atom. The average Bonchev–Trinajstić information content (AvgIpc) is 3.45. The molecular weight excluding hydrogens is 326 g/mol. The molecule has 2 aromatic rings. The molecule has 1 aliphatic carbocycles. The van der Waals surface area contributed by atoms with Crippen LogP contribution in [0, 0.1) is 0 Å². The second kappa shape index (κ2) is 6.16. The Morgan fingerprint density at radius 2 is 1.96 bits per heavy atom. The zero-order chi connectivity index (χ0) is 17.7. The van der Waals surface area contributed by atoms with E-state index in [0.717, 1.165) is 49.9 Å². The highest BCUT2D eigenvalue weighted by molar-refractivity contribution is 5.53. The zero-order valence-corrected chi connectivity index (χ0v) is 15.5. The summed E-state index contributed by atoms with van der Waals surface area (Å²) in [5, 5.41) is 8.84. The van der Waals surface area contributed by atoms with E-state index in [-0.39, 0.29) is 0 Å². The molecule has 136 valence electrons. The lowest BCUT2D eigenvalue weighted by molar-refractivity contribution is 0.308. The molecule has 4 heterocycles. The molecule has 3 aliphatic rings. The van der Waals surface area contributed by atoms with E-state index in [1.54, 1.807) is 6.33 Å². The topological polar surface area (TPSA) is 61.3 Å². The lowest BCUT2D eigenvalue weighted by Crippen LogP contribution is -2.59. The van der Waals surface area contributed by atoms with Crippen LogP contribution in [0.5, 0.6) is 0 Å². The van der Waals surface area contributed by atoms with Crippen molar-refractivity contribution in [2.24, 2.45) is 0 Å². The van der Waals surface area contributed by atoms with Crippen molar-refractivity contribution >= 4 is 11.6 Å². The summed E-state index contributed by atoms with van der Waals surface area (Å²) >= 11 is 0.